The number of hydrogen-bond acceptors (Lipinski definition) is 9. The van der Waals surface area contributed by atoms with Crippen molar-refractivity contribution >= 4 is 35.6 Å². The molecular formula is C35H61N3O9. The highest BCUT2D eigenvalue weighted by atomic mass is 16.6. The Labute approximate surface area is 282 Å². The van der Waals surface area contributed by atoms with Crippen molar-refractivity contribution in [1.82, 2.24) is 14.7 Å². The molecule has 0 aromatic rings. The number of rotatable bonds is 8. The molecule has 12 heteroatoms. The maximum Gasteiger partial charge on any atom is 0.329 e. The largest absolute Gasteiger partial charge is 0.450 e. The number of esters is 3. The molecular weight excluding hydrogens is 606 g/mol. The lowest BCUT2D eigenvalue weighted by molar-refractivity contribution is -0.181. The summed E-state index contributed by atoms with van der Waals surface area (Å²) in [5, 5.41) is 0. The van der Waals surface area contributed by atoms with Gasteiger partial charge in [0.2, 0.25) is 0 Å². The van der Waals surface area contributed by atoms with Crippen molar-refractivity contribution in [3.63, 3.8) is 0 Å². The van der Waals surface area contributed by atoms with E-state index in [-0.39, 0.29) is 12.3 Å². The van der Waals surface area contributed by atoms with Gasteiger partial charge < -0.3 is 28.9 Å². The van der Waals surface area contributed by atoms with Crippen molar-refractivity contribution in [2.75, 3.05) is 21.1 Å². The fraction of sp³-hybridized carbons (Fsp3) is 0.829. The molecule has 1 heterocycles. The molecule has 0 aliphatic carbocycles. The van der Waals surface area contributed by atoms with Crippen molar-refractivity contribution in [3.8, 4) is 0 Å². The normalized spacial score (nSPS) is 27.4. The zero-order valence-corrected chi connectivity index (χ0v) is 31.4. The van der Waals surface area contributed by atoms with Crippen LogP contribution in [0.4, 0.5) is 0 Å². The van der Waals surface area contributed by atoms with Crippen molar-refractivity contribution in [2.45, 2.75) is 132 Å². The molecule has 12 nitrogen and oxygen atoms in total. The van der Waals surface area contributed by atoms with Gasteiger partial charge in [-0.3, -0.25) is 14.4 Å². The van der Waals surface area contributed by atoms with Crippen molar-refractivity contribution in [2.24, 2.45) is 35.5 Å². The second kappa shape index (κ2) is 17.8. The summed E-state index contributed by atoms with van der Waals surface area (Å²) < 4.78 is 17.6. The van der Waals surface area contributed by atoms with E-state index in [1.165, 1.54) is 35.8 Å². The molecule has 0 bridgehead atoms. The third kappa shape index (κ3) is 10.4. The first-order chi connectivity index (χ1) is 21.6. The summed E-state index contributed by atoms with van der Waals surface area (Å²) in [6.07, 6.45) is -3.11. The molecule has 1 aliphatic rings. The third-order valence-electron chi connectivity index (χ3n) is 8.89. The monoisotopic (exact) mass is 667 g/mol. The van der Waals surface area contributed by atoms with Gasteiger partial charge in [0, 0.05) is 27.1 Å². The molecule has 1 fully saturated rings. The van der Waals surface area contributed by atoms with Crippen LogP contribution in [0.5, 0.6) is 0 Å². The van der Waals surface area contributed by atoms with E-state index in [0.717, 1.165) is 0 Å². The van der Waals surface area contributed by atoms with Crippen LogP contribution < -0.4 is 0 Å². The second-order valence-corrected chi connectivity index (χ2v) is 14.8. The molecule has 7 atom stereocenters. The highest BCUT2D eigenvalue weighted by molar-refractivity contribution is 5.94. The van der Waals surface area contributed by atoms with E-state index in [4.69, 9.17) is 14.2 Å². The van der Waals surface area contributed by atoms with Crippen LogP contribution in [0.3, 0.4) is 0 Å². The van der Waals surface area contributed by atoms with Crippen molar-refractivity contribution in [3.05, 3.63) is 0 Å². The Morgan fingerprint density at radius 1 is 0.511 bits per heavy atom. The van der Waals surface area contributed by atoms with Crippen LogP contribution in [0.15, 0.2) is 0 Å². The number of nitrogens with zero attached hydrogens (tertiary/aromatic N) is 3. The summed E-state index contributed by atoms with van der Waals surface area (Å²) in [7, 11) is 4.35. The van der Waals surface area contributed by atoms with E-state index in [1.54, 1.807) is 62.3 Å². The maximum absolute atomic E-state index is 14.1. The summed E-state index contributed by atoms with van der Waals surface area (Å²) in [4.78, 5) is 87.1. The molecule has 270 valence electrons. The van der Waals surface area contributed by atoms with Gasteiger partial charge in [-0.15, -0.1) is 0 Å². The Morgan fingerprint density at radius 2 is 0.851 bits per heavy atom. The fourth-order valence-corrected chi connectivity index (χ4v) is 5.80. The molecule has 47 heavy (non-hydrogen) atoms. The molecule has 1 aliphatic heterocycles. The van der Waals surface area contributed by atoms with E-state index in [2.05, 4.69) is 0 Å². The smallest absolute Gasteiger partial charge is 0.329 e. The first-order valence-electron chi connectivity index (χ1n) is 17.0. The Morgan fingerprint density at radius 3 is 1.17 bits per heavy atom. The maximum atomic E-state index is 14.1. The Balaban J connectivity index is 3.98. The molecule has 0 aromatic heterocycles. The summed E-state index contributed by atoms with van der Waals surface area (Å²) in [6.45, 7) is 21.3. The van der Waals surface area contributed by atoms with Crippen molar-refractivity contribution < 1.29 is 43.0 Å². The van der Waals surface area contributed by atoms with E-state index in [0.29, 0.717) is 6.42 Å². The molecule has 0 unspecified atom stereocenters. The van der Waals surface area contributed by atoms with Crippen LogP contribution in [0, 0.1) is 35.5 Å². The fourth-order valence-electron chi connectivity index (χ4n) is 5.80. The topological polar surface area (TPSA) is 140 Å². The SMILES string of the molecule is CC[C@H](C)[C@H]1OC(=O)[C@H](CC(C)C)N(C)C(=O)[C@@H](C(C)C)OC(=O)[C@H](C(C)C)N(C)C(=O)[C@@H](C(C)C)OC(=O)[C@H](C(C)C)N(C)C1=O. The number of likely N-dealkylation sites (N-methyl/N-ethyl adjacent to an activating group) is 3. The van der Waals surface area contributed by atoms with Crippen LogP contribution in [-0.4, -0.2) is 108 Å². The third-order valence-corrected chi connectivity index (χ3v) is 8.89. The van der Waals surface area contributed by atoms with E-state index in [9.17, 15) is 28.8 Å². The van der Waals surface area contributed by atoms with Gasteiger partial charge in [0.25, 0.3) is 17.7 Å². The molecule has 0 spiro atoms. The van der Waals surface area contributed by atoms with Gasteiger partial charge in [-0.1, -0.05) is 83.1 Å². The number of amides is 3. The molecule has 0 saturated carbocycles. The van der Waals surface area contributed by atoms with Crippen LogP contribution in [0.1, 0.15) is 95.9 Å². The second-order valence-electron chi connectivity index (χ2n) is 14.8. The van der Waals surface area contributed by atoms with Gasteiger partial charge in [0.1, 0.15) is 18.1 Å². The standard InChI is InChI=1S/C35H61N3O9/c1-16-23(12)29-32(41)38(15)26(20(6)7)35(44)46-28(22(10)11)31(40)37(14)25(19(4)5)34(43)45-27(21(8)9)30(39)36(13)24(17-18(2)3)33(42)47-29/h18-29H,16-17H2,1-15H3/t23-,24-,25-,26-,27+,28+,29+/m0/s1. The molecule has 1 rings (SSSR count). The van der Waals surface area contributed by atoms with Gasteiger partial charge in [0.05, 0.1) is 0 Å². The number of ether oxygens (including phenoxy) is 3. The van der Waals surface area contributed by atoms with Gasteiger partial charge in [-0.05, 0) is 42.4 Å². The summed E-state index contributed by atoms with van der Waals surface area (Å²) >= 11 is 0. The number of hydrogen-bond donors (Lipinski definition) is 0. The molecule has 3 amide bonds. The zero-order chi connectivity index (χ0) is 36.7. The molecule has 0 radical (unpaired) electrons. The first-order valence-corrected chi connectivity index (χ1v) is 17.0. The minimum Gasteiger partial charge on any atom is -0.450 e. The lowest BCUT2D eigenvalue weighted by Gasteiger charge is -2.38. The Kier molecular flexibility index (Phi) is 15.9. The van der Waals surface area contributed by atoms with Gasteiger partial charge >= 0.3 is 17.9 Å². The highest BCUT2D eigenvalue weighted by Gasteiger charge is 2.45. The van der Waals surface area contributed by atoms with E-state index < -0.39 is 102 Å². The Bertz CT molecular complexity index is 1120. The summed E-state index contributed by atoms with van der Waals surface area (Å²) in [5.41, 5.74) is 0. The Hall–Kier alpha value is -3.18. The van der Waals surface area contributed by atoms with Crippen LogP contribution in [-0.2, 0) is 43.0 Å². The van der Waals surface area contributed by atoms with E-state index in [1.807, 2.05) is 20.8 Å². The van der Waals surface area contributed by atoms with Crippen LogP contribution >= 0.6 is 0 Å². The van der Waals surface area contributed by atoms with Gasteiger partial charge in [0.15, 0.2) is 18.3 Å². The van der Waals surface area contributed by atoms with Crippen molar-refractivity contribution in [1.29, 1.82) is 0 Å². The van der Waals surface area contributed by atoms with Gasteiger partial charge in [-0.25, -0.2) is 14.4 Å². The summed E-state index contributed by atoms with van der Waals surface area (Å²) in [5.74, 6) is -6.48. The predicted octanol–water partition coefficient (Wildman–Crippen LogP) is 3.93. The predicted molar refractivity (Wildman–Crippen MR) is 178 cm³/mol. The van der Waals surface area contributed by atoms with E-state index >= 15 is 0 Å². The average molecular weight is 668 g/mol. The quantitative estimate of drug-likeness (QED) is 0.278. The molecule has 1 saturated heterocycles. The first kappa shape index (κ1) is 41.8. The lowest BCUT2D eigenvalue weighted by Crippen LogP contribution is -2.57. The minimum atomic E-state index is -1.28. The molecule has 0 aromatic carbocycles. The number of cyclic esters (lactones) is 3. The zero-order valence-electron chi connectivity index (χ0n) is 31.4. The molecule has 0 N–H and O–H groups in total. The number of carbonyl (C=O) groups is 6. The van der Waals surface area contributed by atoms with Crippen LogP contribution in [0.2, 0.25) is 0 Å². The van der Waals surface area contributed by atoms with Crippen LogP contribution in [0.25, 0.3) is 0 Å². The highest BCUT2D eigenvalue weighted by Crippen LogP contribution is 2.25. The number of carbonyl (C=O) groups excluding carboxylic acids is 6. The average Bonchev–Trinajstić information content (AvgIpc) is 2.96. The van der Waals surface area contributed by atoms with Gasteiger partial charge in [-0.2, -0.15) is 0 Å². The minimum absolute atomic E-state index is 0.0416. The lowest BCUT2D eigenvalue weighted by atomic mass is 9.96. The summed E-state index contributed by atoms with van der Waals surface area (Å²) in [6, 6.07) is -3.31.